The van der Waals surface area contributed by atoms with E-state index >= 15 is 0 Å². The molecule has 2 fully saturated rings. The van der Waals surface area contributed by atoms with Crippen LogP contribution in [0.4, 0.5) is 5.82 Å². The van der Waals surface area contributed by atoms with Crippen molar-refractivity contribution in [1.82, 2.24) is 9.88 Å². The second-order valence-electron chi connectivity index (χ2n) is 5.95. The third-order valence-electron chi connectivity index (χ3n) is 4.35. The van der Waals surface area contributed by atoms with Gasteiger partial charge in [-0.1, -0.05) is 6.07 Å². The summed E-state index contributed by atoms with van der Waals surface area (Å²) in [7, 11) is 0. The summed E-state index contributed by atoms with van der Waals surface area (Å²) in [4.78, 5) is 18.7. The molecule has 6 heteroatoms. The summed E-state index contributed by atoms with van der Waals surface area (Å²) in [6, 6.07) is 5.51. The average Bonchev–Trinajstić information content (AvgIpc) is 2.56. The molecule has 6 nitrogen and oxygen atoms in total. The molecule has 3 rings (SSSR count). The van der Waals surface area contributed by atoms with Crippen LogP contribution in [0.3, 0.4) is 0 Å². The summed E-state index contributed by atoms with van der Waals surface area (Å²) < 4.78 is 11.1. The number of rotatable bonds is 3. The van der Waals surface area contributed by atoms with E-state index in [4.69, 9.17) is 15.2 Å². The molecule has 0 aliphatic carbocycles. The molecule has 1 atom stereocenters. The number of carbonyl (C=O) groups excluding carboxylic acids is 1. The molecule has 2 aliphatic heterocycles. The van der Waals surface area contributed by atoms with Gasteiger partial charge in [0.05, 0.1) is 18.8 Å². The number of hydrogen-bond acceptors (Lipinski definition) is 5. The van der Waals surface area contributed by atoms with Crippen LogP contribution in [0.1, 0.15) is 31.1 Å². The predicted octanol–water partition coefficient (Wildman–Crippen LogP) is 1.38. The molecular formula is C16H23N3O3. The lowest BCUT2D eigenvalue weighted by atomic mass is 9.96. The van der Waals surface area contributed by atoms with E-state index in [2.05, 4.69) is 4.98 Å². The van der Waals surface area contributed by atoms with Crippen LogP contribution < -0.4 is 5.73 Å². The topological polar surface area (TPSA) is 77.7 Å². The van der Waals surface area contributed by atoms with Gasteiger partial charge < -0.3 is 20.1 Å². The second kappa shape index (κ2) is 7.07. The fourth-order valence-corrected chi connectivity index (χ4v) is 3.03. The number of ether oxygens (including phenoxy) is 2. The SMILES string of the molecule is Nc1cccc(C2CN(C(=O)CC3CCOCC3)CCO2)n1. The quantitative estimate of drug-likeness (QED) is 0.913. The fraction of sp³-hybridized carbons (Fsp3) is 0.625. The number of amides is 1. The Morgan fingerprint density at radius 3 is 2.91 bits per heavy atom. The first-order valence-corrected chi connectivity index (χ1v) is 7.92. The van der Waals surface area contributed by atoms with E-state index in [1.165, 1.54) is 0 Å². The van der Waals surface area contributed by atoms with Crippen LogP contribution in [0.25, 0.3) is 0 Å². The van der Waals surface area contributed by atoms with Crippen molar-refractivity contribution in [3.8, 4) is 0 Å². The molecule has 22 heavy (non-hydrogen) atoms. The maximum absolute atomic E-state index is 12.5. The van der Waals surface area contributed by atoms with Gasteiger partial charge in [-0.15, -0.1) is 0 Å². The first-order valence-electron chi connectivity index (χ1n) is 7.92. The second-order valence-corrected chi connectivity index (χ2v) is 5.95. The number of nitrogens with zero attached hydrogens (tertiary/aromatic N) is 2. The summed E-state index contributed by atoms with van der Waals surface area (Å²) in [5.74, 6) is 1.14. The van der Waals surface area contributed by atoms with Crippen molar-refractivity contribution in [2.24, 2.45) is 5.92 Å². The molecule has 0 saturated carbocycles. The molecule has 1 unspecified atom stereocenters. The van der Waals surface area contributed by atoms with Gasteiger partial charge in [-0.2, -0.15) is 0 Å². The van der Waals surface area contributed by atoms with Crippen LogP contribution in [0.2, 0.25) is 0 Å². The standard InChI is InChI=1S/C16H23N3O3/c17-15-3-1-2-13(18-15)14-11-19(6-9-22-14)16(20)10-12-4-7-21-8-5-12/h1-3,12,14H,4-11H2,(H2,17,18). The average molecular weight is 305 g/mol. The van der Waals surface area contributed by atoms with Gasteiger partial charge in [0.2, 0.25) is 5.91 Å². The van der Waals surface area contributed by atoms with E-state index in [0.717, 1.165) is 31.7 Å². The van der Waals surface area contributed by atoms with Crippen molar-refractivity contribution in [3.05, 3.63) is 23.9 Å². The Morgan fingerprint density at radius 2 is 2.14 bits per heavy atom. The van der Waals surface area contributed by atoms with E-state index in [0.29, 0.717) is 37.9 Å². The van der Waals surface area contributed by atoms with Gasteiger partial charge in [0.15, 0.2) is 0 Å². The third-order valence-corrected chi connectivity index (χ3v) is 4.35. The van der Waals surface area contributed by atoms with Crippen molar-refractivity contribution in [2.45, 2.75) is 25.4 Å². The van der Waals surface area contributed by atoms with Crippen molar-refractivity contribution < 1.29 is 14.3 Å². The largest absolute Gasteiger partial charge is 0.384 e. The Labute approximate surface area is 130 Å². The zero-order valence-corrected chi connectivity index (χ0v) is 12.7. The van der Waals surface area contributed by atoms with E-state index < -0.39 is 0 Å². The highest BCUT2D eigenvalue weighted by Gasteiger charge is 2.28. The zero-order chi connectivity index (χ0) is 15.4. The van der Waals surface area contributed by atoms with Crippen LogP contribution in [-0.4, -0.2) is 48.7 Å². The highest BCUT2D eigenvalue weighted by atomic mass is 16.5. The summed E-state index contributed by atoms with van der Waals surface area (Å²) in [6.45, 7) is 3.30. The summed E-state index contributed by atoms with van der Waals surface area (Å²) in [6.07, 6.45) is 2.39. The third kappa shape index (κ3) is 3.75. The van der Waals surface area contributed by atoms with Crippen LogP contribution in [0, 0.1) is 5.92 Å². The van der Waals surface area contributed by atoms with Gasteiger partial charge in [-0.3, -0.25) is 4.79 Å². The van der Waals surface area contributed by atoms with Gasteiger partial charge in [0.25, 0.3) is 0 Å². The lowest BCUT2D eigenvalue weighted by Gasteiger charge is -2.34. The first-order chi connectivity index (χ1) is 10.7. The molecule has 2 saturated heterocycles. The number of aromatic nitrogens is 1. The molecule has 3 heterocycles. The lowest BCUT2D eigenvalue weighted by Crippen LogP contribution is -2.43. The summed E-state index contributed by atoms with van der Waals surface area (Å²) >= 11 is 0. The van der Waals surface area contributed by atoms with Crippen LogP contribution >= 0.6 is 0 Å². The van der Waals surface area contributed by atoms with Crippen molar-refractivity contribution in [1.29, 1.82) is 0 Å². The van der Waals surface area contributed by atoms with E-state index in [1.807, 2.05) is 17.0 Å². The van der Waals surface area contributed by atoms with Gasteiger partial charge >= 0.3 is 0 Å². The highest BCUT2D eigenvalue weighted by molar-refractivity contribution is 5.76. The van der Waals surface area contributed by atoms with E-state index in [9.17, 15) is 4.79 Å². The molecule has 0 aromatic carbocycles. The number of carbonyl (C=O) groups is 1. The number of morpholine rings is 1. The van der Waals surface area contributed by atoms with Crippen molar-refractivity contribution in [2.75, 3.05) is 38.6 Å². The van der Waals surface area contributed by atoms with Gasteiger partial charge in [0.1, 0.15) is 11.9 Å². The molecule has 0 bridgehead atoms. The minimum Gasteiger partial charge on any atom is -0.384 e. The molecule has 0 radical (unpaired) electrons. The Hall–Kier alpha value is -1.66. The Balaban J connectivity index is 1.58. The predicted molar refractivity (Wildman–Crippen MR) is 82.1 cm³/mol. The minimum absolute atomic E-state index is 0.184. The molecule has 2 N–H and O–H groups in total. The van der Waals surface area contributed by atoms with Gasteiger partial charge in [-0.05, 0) is 30.9 Å². The molecule has 120 valence electrons. The first kappa shape index (κ1) is 15.2. The molecule has 2 aliphatic rings. The molecule has 1 aromatic rings. The number of nitrogens with two attached hydrogens (primary N) is 1. The Kier molecular flexibility index (Phi) is 4.90. The normalized spacial score (nSPS) is 23.5. The Morgan fingerprint density at radius 1 is 1.32 bits per heavy atom. The lowest BCUT2D eigenvalue weighted by molar-refractivity contribution is -0.140. The fourth-order valence-electron chi connectivity index (χ4n) is 3.03. The number of pyridine rings is 1. The van der Waals surface area contributed by atoms with Gasteiger partial charge in [0, 0.05) is 26.2 Å². The summed E-state index contributed by atoms with van der Waals surface area (Å²) in [5, 5.41) is 0. The number of anilines is 1. The maximum Gasteiger partial charge on any atom is 0.223 e. The minimum atomic E-state index is -0.184. The monoisotopic (exact) mass is 305 g/mol. The molecule has 1 amide bonds. The van der Waals surface area contributed by atoms with Crippen LogP contribution in [0.15, 0.2) is 18.2 Å². The van der Waals surface area contributed by atoms with E-state index in [1.54, 1.807) is 6.07 Å². The highest BCUT2D eigenvalue weighted by Crippen LogP contribution is 2.24. The zero-order valence-electron chi connectivity index (χ0n) is 12.7. The van der Waals surface area contributed by atoms with Gasteiger partial charge in [-0.25, -0.2) is 4.98 Å². The van der Waals surface area contributed by atoms with E-state index in [-0.39, 0.29) is 12.0 Å². The van der Waals surface area contributed by atoms with Crippen LogP contribution in [-0.2, 0) is 14.3 Å². The number of hydrogen-bond donors (Lipinski definition) is 1. The van der Waals surface area contributed by atoms with Crippen molar-refractivity contribution >= 4 is 11.7 Å². The smallest absolute Gasteiger partial charge is 0.223 e. The molecule has 0 spiro atoms. The number of nitrogen functional groups attached to an aromatic ring is 1. The maximum atomic E-state index is 12.5. The summed E-state index contributed by atoms with van der Waals surface area (Å²) in [5.41, 5.74) is 6.52. The molecule has 1 aromatic heterocycles. The molecular weight excluding hydrogens is 282 g/mol. The Bertz CT molecular complexity index is 517. The van der Waals surface area contributed by atoms with Crippen LogP contribution in [0.5, 0.6) is 0 Å². The van der Waals surface area contributed by atoms with Crippen molar-refractivity contribution in [3.63, 3.8) is 0 Å².